The van der Waals surface area contributed by atoms with Crippen molar-refractivity contribution < 1.29 is 5.11 Å². The van der Waals surface area contributed by atoms with Crippen LogP contribution < -0.4 is 0 Å². The van der Waals surface area contributed by atoms with Gasteiger partial charge in [0.1, 0.15) is 0 Å². The number of hydrogen-bond donors (Lipinski definition) is 1. The van der Waals surface area contributed by atoms with Gasteiger partial charge in [-0.05, 0) is 12.8 Å². The van der Waals surface area contributed by atoms with Gasteiger partial charge in [-0.15, -0.1) is 6.58 Å². The van der Waals surface area contributed by atoms with Crippen LogP contribution >= 0.6 is 0 Å². The van der Waals surface area contributed by atoms with Crippen LogP contribution in [-0.2, 0) is 0 Å². The number of hydrogen-bond acceptors (Lipinski definition) is 1. The van der Waals surface area contributed by atoms with Crippen LogP contribution in [0.3, 0.4) is 0 Å². The summed E-state index contributed by atoms with van der Waals surface area (Å²) in [4.78, 5) is 0. The van der Waals surface area contributed by atoms with Gasteiger partial charge >= 0.3 is 0 Å². The predicted molar refractivity (Wildman–Crippen MR) is 35.7 cm³/mol. The van der Waals surface area contributed by atoms with Crippen molar-refractivity contribution >= 4 is 0 Å². The summed E-state index contributed by atoms with van der Waals surface area (Å²) >= 11 is 0. The molecule has 1 N–H and O–H groups in total. The molecule has 0 aromatic rings. The van der Waals surface area contributed by atoms with E-state index in [1.807, 2.05) is 6.08 Å². The molecule has 0 rings (SSSR count). The van der Waals surface area contributed by atoms with Gasteiger partial charge in [0.25, 0.3) is 0 Å². The van der Waals surface area contributed by atoms with E-state index < -0.39 is 0 Å². The molecule has 46 valence electrons. The largest absolute Gasteiger partial charge is 0.392 e. The molecule has 0 fully saturated rings. The summed E-state index contributed by atoms with van der Waals surface area (Å²) < 4.78 is 0. The van der Waals surface area contributed by atoms with Crippen LogP contribution in [0.25, 0.3) is 0 Å². The highest BCUT2D eigenvalue weighted by molar-refractivity contribution is 4.94. The molecule has 0 saturated carbocycles. The van der Waals surface area contributed by atoms with Crippen molar-refractivity contribution in [3.8, 4) is 0 Å². The fourth-order valence-corrected chi connectivity index (χ4v) is 0.385. The highest BCUT2D eigenvalue weighted by Gasteiger charge is 1.86. The third-order valence-corrected chi connectivity index (χ3v) is 0.926. The molecular formula is C7H12O. The monoisotopic (exact) mass is 112 g/mol. The van der Waals surface area contributed by atoms with Crippen LogP contribution in [0.4, 0.5) is 0 Å². The molecule has 0 amide bonds. The Kier molecular flexibility index (Phi) is 4.27. The Morgan fingerprint density at radius 2 is 2.25 bits per heavy atom. The highest BCUT2D eigenvalue weighted by Crippen LogP contribution is 1.99. The molecule has 0 unspecified atom stereocenters. The van der Waals surface area contributed by atoms with E-state index in [-0.39, 0.29) is 6.61 Å². The number of allylic oxidation sites excluding steroid dienone is 1. The Morgan fingerprint density at radius 3 is 2.62 bits per heavy atom. The Bertz CT molecular complexity index is 84.4. The van der Waals surface area contributed by atoms with Crippen LogP contribution in [-0.4, -0.2) is 11.7 Å². The van der Waals surface area contributed by atoms with E-state index >= 15 is 0 Å². The second-order valence-electron chi connectivity index (χ2n) is 1.74. The fraction of sp³-hybridized carbons (Fsp3) is 0.429. The van der Waals surface area contributed by atoms with Gasteiger partial charge in [-0.25, -0.2) is 0 Å². The van der Waals surface area contributed by atoms with Crippen LogP contribution in [0.1, 0.15) is 12.8 Å². The highest BCUT2D eigenvalue weighted by atomic mass is 16.3. The lowest BCUT2D eigenvalue weighted by molar-refractivity contribution is 0.327. The molecule has 8 heavy (non-hydrogen) atoms. The van der Waals surface area contributed by atoms with Crippen molar-refractivity contribution in [2.24, 2.45) is 0 Å². The van der Waals surface area contributed by atoms with Gasteiger partial charge < -0.3 is 5.11 Å². The molecule has 0 radical (unpaired) electrons. The van der Waals surface area contributed by atoms with Crippen LogP contribution in [0, 0.1) is 0 Å². The maximum atomic E-state index is 8.43. The standard InChI is InChI=1S/C7H12O/c1-3-4-5-7(2)6-8/h3,8H,1-2,4-6H2. The summed E-state index contributed by atoms with van der Waals surface area (Å²) in [6.45, 7) is 7.26. The predicted octanol–water partition coefficient (Wildman–Crippen LogP) is 1.50. The third kappa shape index (κ3) is 3.62. The minimum absolute atomic E-state index is 0.105. The van der Waals surface area contributed by atoms with Crippen LogP contribution in [0.5, 0.6) is 0 Å². The molecule has 0 bridgehead atoms. The van der Waals surface area contributed by atoms with Crippen molar-refractivity contribution in [1.29, 1.82) is 0 Å². The summed E-state index contributed by atoms with van der Waals surface area (Å²) in [5.41, 5.74) is 0.880. The first-order valence-corrected chi connectivity index (χ1v) is 2.69. The molecule has 0 atom stereocenters. The summed E-state index contributed by atoms with van der Waals surface area (Å²) in [7, 11) is 0. The van der Waals surface area contributed by atoms with Gasteiger partial charge in [-0.2, -0.15) is 0 Å². The molecule has 0 aliphatic carbocycles. The molecule has 0 aliphatic rings. The van der Waals surface area contributed by atoms with Crippen molar-refractivity contribution in [2.75, 3.05) is 6.61 Å². The third-order valence-electron chi connectivity index (χ3n) is 0.926. The number of rotatable bonds is 4. The lowest BCUT2D eigenvalue weighted by atomic mass is 10.2. The maximum Gasteiger partial charge on any atom is 0.0639 e. The molecular weight excluding hydrogens is 100 g/mol. The zero-order chi connectivity index (χ0) is 6.41. The summed E-state index contributed by atoms with van der Waals surface area (Å²) in [5.74, 6) is 0. The van der Waals surface area contributed by atoms with Gasteiger partial charge in [-0.3, -0.25) is 0 Å². The topological polar surface area (TPSA) is 20.2 Å². The first-order chi connectivity index (χ1) is 3.81. The van der Waals surface area contributed by atoms with E-state index in [9.17, 15) is 0 Å². The van der Waals surface area contributed by atoms with Gasteiger partial charge in [0.15, 0.2) is 0 Å². The molecule has 0 aromatic heterocycles. The first-order valence-electron chi connectivity index (χ1n) is 2.69. The van der Waals surface area contributed by atoms with E-state index in [1.54, 1.807) is 0 Å². The SMILES string of the molecule is C=CCCC(=C)CO. The average Bonchev–Trinajstić information content (AvgIpc) is 1.83. The van der Waals surface area contributed by atoms with Crippen molar-refractivity contribution in [1.82, 2.24) is 0 Å². The Hall–Kier alpha value is -0.560. The second-order valence-corrected chi connectivity index (χ2v) is 1.74. The molecule has 1 heteroatoms. The van der Waals surface area contributed by atoms with Gasteiger partial charge in [0.2, 0.25) is 0 Å². The van der Waals surface area contributed by atoms with Crippen molar-refractivity contribution in [3.05, 3.63) is 24.8 Å². The summed E-state index contributed by atoms with van der Waals surface area (Å²) in [6.07, 6.45) is 3.60. The molecule has 1 nitrogen and oxygen atoms in total. The molecule has 0 aliphatic heterocycles. The zero-order valence-corrected chi connectivity index (χ0v) is 5.06. The van der Waals surface area contributed by atoms with E-state index in [2.05, 4.69) is 13.2 Å². The van der Waals surface area contributed by atoms with Gasteiger partial charge in [0.05, 0.1) is 6.61 Å². The van der Waals surface area contributed by atoms with Crippen LogP contribution in [0.15, 0.2) is 24.8 Å². The Labute approximate surface area is 50.3 Å². The van der Waals surface area contributed by atoms with Gasteiger partial charge in [0, 0.05) is 0 Å². The lowest BCUT2D eigenvalue weighted by Crippen LogP contribution is -1.85. The Balaban J connectivity index is 3.11. The van der Waals surface area contributed by atoms with Crippen molar-refractivity contribution in [3.63, 3.8) is 0 Å². The lowest BCUT2D eigenvalue weighted by Gasteiger charge is -1.94. The average molecular weight is 112 g/mol. The quantitative estimate of drug-likeness (QED) is 0.546. The summed E-state index contributed by atoms with van der Waals surface area (Å²) in [5, 5.41) is 8.43. The minimum atomic E-state index is 0.105. The normalized spacial score (nSPS) is 8.62. The maximum absolute atomic E-state index is 8.43. The molecule has 0 spiro atoms. The second kappa shape index (κ2) is 4.60. The summed E-state index contributed by atoms with van der Waals surface area (Å²) in [6, 6.07) is 0. The van der Waals surface area contributed by atoms with Crippen LogP contribution in [0.2, 0.25) is 0 Å². The molecule has 0 heterocycles. The number of aliphatic hydroxyl groups excluding tert-OH is 1. The van der Waals surface area contributed by atoms with E-state index in [0.717, 1.165) is 18.4 Å². The van der Waals surface area contributed by atoms with E-state index in [1.165, 1.54) is 0 Å². The molecule has 0 aromatic carbocycles. The molecule has 0 saturated heterocycles. The Morgan fingerprint density at radius 1 is 1.62 bits per heavy atom. The zero-order valence-electron chi connectivity index (χ0n) is 5.06. The van der Waals surface area contributed by atoms with E-state index in [0.29, 0.717) is 0 Å². The van der Waals surface area contributed by atoms with Crippen molar-refractivity contribution in [2.45, 2.75) is 12.8 Å². The fourth-order valence-electron chi connectivity index (χ4n) is 0.385. The minimum Gasteiger partial charge on any atom is -0.392 e. The number of aliphatic hydroxyl groups is 1. The smallest absolute Gasteiger partial charge is 0.0639 e. The van der Waals surface area contributed by atoms with Gasteiger partial charge in [-0.1, -0.05) is 18.2 Å². The van der Waals surface area contributed by atoms with E-state index in [4.69, 9.17) is 5.11 Å². The first kappa shape index (κ1) is 7.44.